The normalized spacial score (nSPS) is 19.1. The van der Waals surface area contributed by atoms with Crippen LogP contribution >= 0.6 is 0 Å². The number of carbonyl (C=O) groups excluding carboxylic acids is 1. The first-order valence-corrected chi connectivity index (χ1v) is 15.7. The van der Waals surface area contributed by atoms with Crippen LogP contribution in [0.3, 0.4) is 0 Å². The van der Waals surface area contributed by atoms with E-state index < -0.39 is 10.0 Å². The fourth-order valence-electron chi connectivity index (χ4n) is 5.67. The van der Waals surface area contributed by atoms with E-state index in [2.05, 4.69) is 43.7 Å². The van der Waals surface area contributed by atoms with Crippen molar-refractivity contribution in [3.05, 3.63) is 65.4 Å². The molecule has 41 heavy (non-hydrogen) atoms. The predicted molar refractivity (Wildman–Crippen MR) is 158 cm³/mol. The molecule has 2 fully saturated rings. The van der Waals surface area contributed by atoms with Gasteiger partial charge in [0, 0.05) is 87.6 Å². The zero-order valence-corrected chi connectivity index (χ0v) is 24.1. The van der Waals surface area contributed by atoms with E-state index in [1.165, 1.54) is 4.31 Å². The molecule has 2 saturated heterocycles. The standard InChI is InChI=1S/C29H37N7O4S/c1-34-13-15-35(16-14-34)22-7-8-24(27(19-22)30-21-10-17-40-18-11-21)29(37)31-28-25-20-36(12-9-26(25)32-33-28)41(38,39)23-5-3-2-4-6-23/h2-8,19,21,30H,9-18,20H2,1H3,(H2,31,32,33,37). The van der Waals surface area contributed by atoms with Gasteiger partial charge in [0.05, 0.1) is 10.5 Å². The number of rotatable bonds is 7. The van der Waals surface area contributed by atoms with E-state index in [4.69, 9.17) is 4.74 Å². The zero-order valence-electron chi connectivity index (χ0n) is 23.3. The van der Waals surface area contributed by atoms with Crippen molar-refractivity contribution in [2.75, 3.05) is 68.5 Å². The Morgan fingerprint density at radius 2 is 1.78 bits per heavy atom. The van der Waals surface area contributed by atoms with E-state index in [-0.39, 0.29) is 23.4 Å². The minimum Gasteiger partial charge on any atom is -0.381 e. The van der Waals surface area contributed by atoms with Crippen LogP contribution in [0, 0.1) is 0 Å². The van der Waals surface area contributed by atoms with Crippen LogP contribution in [0.5, 0.6) is 0 Å². The fraction of sp³-hybridized carbons (Fsp3) is 0.448. The molecule has 6 rings (SSSR count). The number of sulfonamides is 1. The van der Waals surface area contributed by atoms with Gasteiger partial charge in [-0.15, -0.1) is 0 Å². The van der Waals surface area contributed by atoms with Gasteiger partial charge in [-0.3, -0.25) is 9.89 Å². The molecule has 0 saturated carbocycles. The van der Waals surface area contributed by atoms with Gasteiger partial charge >= 0.3 is 0 Å². The third kappa shape index (κ3) is 5.96. The van der Waals surface area contributed by atoms with Crippen LogP contribution in [0.2, 0.25) is 0 Å². The summed E-state index contributed by atoms with van der Waals surface area (Å²) in [6.07, 6.45) is 2.23. The van der Waals surface area contributed by atoms with Gasteiger partial charge in [0.2, 0.25) is 10.0 Å². The molecule has 3 aliphatic rings. The van der Waals surface area contributed by atoms with Crippen LogP contribution in [-0.4, -0.2) is 92.8 Å². The van der Waals surface area contributed by atoms with Crippen molar-refractivity contribution in [3.8, 4) is 0 Å². The minimum absolute atomic E-state index is 0.133. The summed E-state index contributed by atoms with van der Waals surface area (Å²) in [5, 5.41) is 14.0. The number of piperazine rings is 1. The molecule has 218 valence electrons. The molecular formula is C29H37N7O4S. The number of benzene rings is 2. The molecule has 3 N–H and O–H groups in total. The van der Waals surface area contributed by atoms with Crippen molar-refractivity contribution in [2.45, 2.75) is 36.7 Å². The molecule has 4 heterocycles. The third-order valence-corrected chi connectivity index (χ3v) is 10.1. The molecule has 12 heteroatoms. The average Bonchev–Trinajstić information content (AvgIpc) is 3.40. The molecule has 0 atom stereocenters. The summed E-state index contributed by atoms with van der Waals surface area (Å²) >= 11 is 0. The van der Waals surface area contributed by atoms with E-state index in [1.54, 1.807) is 30.3 Å². The molecule has 2 aromatic carbocycles. The van der Waals surface area contributed by atoms with Crippen LogP contribution in [0.1, 0.15) is 34.5 Å². The Labute approximate surface area is 240 Å². The smallest absolute Gasteiger partial charge is 0.258 e. The molecule has 1 amide bonds. The number of likely N-dealkylation sites (N-methyl/N-ethyl adjacent to an activating group) is 1. The number of nitrogens with one attached hydrogen (secondary N) is 3. The number of nitrogens with zero attached hydrogens (tertiary/aromatic N) is 4. The van der Waals surface area contributed by atoms with Crippen molar-refractivity contribution in [1.82, 2.24) is 19.4 Å². The molecular weight excluding hydrogens is 542 g/mol. The number of aromatic nitrogens is 2. The van der Waals surface area contributed by atoms with Gasteiger partial charge in [-0.05, 0) is 50.2 Å². The lowest BCUT2D eigenvalue weighted by molar-refractivity contribution is 0.0904. The summed E-state index contributed by atoms with van der Waals surface area (Å²) in [5.41, 5.74) is 3.92. The van der Waals surface area contributed by atoms with Gasteiger partial charge in [-0.1, -0.05) is 18.2 Å². The monoisotopic (exact) mass is 579 g/mol. The molecule has 0 aliphatic carbocycles. The average molecular weight is 580 g/mol. The molecule has 11 nitrogen and oxygen atoms in total. The SMILES string of the molecule is CN1CCN(c2ccc(C(=O)Nc3n[nH]c4c3CN(S(=O)(=O)c3ccccc3)CC4)c(NC3CCOCC3)c2)CC1. The van der Waals surface area contributed by atoms with Gasteiger partial charge in [0.1, 0.15) is 0 Å². The maximum atomic E-state index is 13.7. The number of hydrogen-bond donors (Lipinski definition) is 3. The van der Waals surface area contributed by atoms with Crippen LogP contribution < -0.4 is 15.5 Å². The Morgan fingerprint density at radius 3 is 2.54 bits per heavy atom. The first kappa shape index (κ1) is 27.7. The van der Waals surface area contributed by atoms with E-state index in [0.29, 0.717) is 43.1 Å². The molecule has 3 aliphatic heterocycles. The van der Waals surface area contributed by atoms with Gasteiger partial charge in [0.25, 0.3) is 5.91 Å². The molecule has 3 aromatic rings. The van der Waals surface area contributed by atoms with E-state index in [9.17, 15) is 13.2 Å². The molecule has 0 radical (unpaired) electrons. The minimum atomic E-state index is -3.67. The number of H-pyrrole nitrogens is 1. The van der Waals surface area contributed by atoms with Gasteiger partial charge < -0.3 is 25.2 Å². The number of anilines is 3. The topological polar surface area (TPSA) is 123 Å². The van der Waals surface area contributed by atoms with Gasteiger partial charge in [-0.2, -0.15) is 9.40 Å². The Balaban J connectivity index is 1.24. The highest BCUT2D eigenvalue weighted by molar-refractivity contribution is 7.89. The zero-order chi connectivity index (χ0) is 28.4. The summed E-state index contributed by atoms with van der Waals surface area (Å²) < 4.78 is 33.5. The predicted octanol–water partition coefficient (Wildman–Crippen LogP) is 2.75. The summed E-state index contributed by atoms with van der Waals surface area (Å²) in [5.74, 6) is 0.0694. The lowest BCUT2D eigenvalue weighted by Gasteiger charge is -2.34. The van der Waals surface area contributed by atoms with E-state index >= 15 is 0 Å². The van der Waals surface area contributed by atoms with Gasteiger partial charge in [-0.25, -0.2) is 8.42 Å². The second-order valence-corrected chi connectivity index (χ2v) is 12.9. The van der Waals surface area contributed by atoms with Crippen molar-refractivity contribution >= 4 is 33.1 Å². The first-order valence-electron chi connectivity index (χ1n) is 14.2. The molecule has 0 bridgehead atoms. The maximum absolute atomic E-state index is 13.7. The second-order valence-electron chi connectivity index (χ2n) is 10.9. The number of carbonyl (C=O) groups is 1. The Morgan fingerprint density at radius 1 is 1.02 bits per heavy atom. The fourth-order valence-corrected chi connectivity index (χ4v) is 7.10. The highest BCUT2D eigenvalue weighted by Crippen LogP contribution is 2.31. The molecule has 0 spiro atoms. The highest BCUT2D eigenvalue weighted by atomic mass is 32.2. The number of amides is 1. The number of ether oxygens (including phenoxy) is 1. The number of hydrogen-bond acceptors (Lipinski definition) is 8. The van der Waals surface area contributed by atoms with E-state index in [0.717, 1.165) is 56.1 Å². The highest BCUT2D eigenvalue weighted by Gasteiger charge is 2.32. The van der Waals surface area contributed by atoms with Crippen LogP contribution in [-0.2, 0) is 27.7 Å². The Hall–Kier alpha value is -3.45. The lowest BCUT2D eigenvalue weighted by atomic mass is 10.1. The summed E-state index contributed by atoms with van der Waals surface area (Å²) in [6.45, 7) is 5.71. The molecule has 0 unspecified atom stereocenters. The van der Waals surface area contributed by atoms with Crippen molar-refractivity contribution in [2.24, 2.45) is 0 Å². The van der Waals surface area contributed by atoms with Crippen molar-refractivity contribution < 1.29 is 17.9 Å². The second kappa shape index (κ2) is 11.8. The third-order valence-electron chi connectivity index (χ3n) is 8.21. The van der Waals surface area contributed by atoms with Crippen molar-refractivity contribution in [1.29, 1.82) is 0 Å². The summed E-state index contributed by atoms with van der Waals surface area (Å²) in [7, 11) is -1.54. The molecule has 1 aromatic heterocycles. The quantitative estimate of drug-likeness (QED) is 0.391. The largest absolute Gasteiger partial charge is 0.381 e. The van der Waals surface area contributed by atoms with Crippen molar-refractivity contribution in [3.63, 3.8) is 0 Å². The number of aromatic amines is 1. The van der Waals surface area contributed by atoms with Crippen LogP contribution in [0.25, 0.3) is 0 Å². The number of fused-ring (bicyclic) bond motifs is 1. The Bertz CT molecular complexity index is 1480. The van der Waals surface area contributed by atoms with Crippen LogP contribution in [0.15, 0.2) is 53.4 Å². The van der Waals surface area contributed by atoms with Crippen LogP contribution in [0.4, 0.5) is 17.2 Å². The first-order chi connectivity index (χ1) is 19.9. The van der Waals surface area contributed by atoms with Gasteiger partial charge in [0.15, 0.2) is 5.82 Å². The summed E-state index contributed by atoms with van der Waals surface area (Å²) in [4.78, 5) is 18.6. The lowest BCUT2D eigenvalue weighted by Crippen LogP contribution is -2.44. The van der Waals surface area contributed by atoms with E-state index in [1.807, 2.05) is 12.1 Å². The maximum Gasteiger partial charge on any atom is 0.258 e. The summed E-state index contributed by atoms with van der Waals surface area (Å²) in [6, 6.07) is 14.6. The Kier molecular flexibility index (Phi) is 7.98.